The van der Waals surface area contributed by atoms with E-state index in [1.807, 2.05) is 0 Å². The Morgan fingerprint density at radius 1 is 1.22 bits per heavy atom. The second kappa shape index (κ2) is 6.94. The molecule has 0 saturated carbocycles. The molecule has 1 heterocycles. The molecule has 0 amide bonds. The highest BCUT2D eigenvalue weighted by Crippen LogP contribution is 2.36. The molecule has 9 heteroatoms. The Hall–Kier alpha value is -1.51. The van der Waals surface area contributed by atoms with Crippen LogP contribution < -0.4 is 4.74 Å². The number of aromatic nitrogens is 1. The first kappa shape index (κ1) is 17.8. The molecule has 0 saturated heterocycles. The molecule has 0 N–H and O–H groups in total. The third-order valence-corrected chi connectivity index (χ3v) is 4.12. The highest BCUT2D eigenvalue weighted by molar-refractivity contribution is 7.90. The first-order chi connectivity index (χ1) is 10.7. The van der Waals surface area contributed by atoms with Crippen LogP contribution in [0.4, 0.5) is 17.6 Å². The van der Waals surface area contributed by atoms with Crippen LogP contribution in [0.1, 0.15) is 17.3 Å². The summed E-state index contributed by atoms with van der Waals surface area (Å²) >= 11 is 4.40. The summed E-state index contributed by atoms with van der Waals surface area (Å²) in [6.07, 6.45) is -2.78. The van der Waals surface area contributed by atoms with Gasteiger partial charge in [0.2, 0.25) is 0 Å². The van der Waals surface area contributed by atoms with Gasteiger partial charge in [-0.05, 0) is 28.9 Å². The molecule has 1 aromatic carbocycles. The van der Waals surface area contributed by atoms with Crippen molar-refractivity contribution in [1.82, 2.24) is 4.98 Å². The van der Waals surface area contributed by atoms with E-state index in [4.69, 9.17) is 11.6 Å². The molecule has 0 bridgehead atoms. The lowest BCUT2D eigenvalue weighted by Crippen LogP contribution is -2.17. The molecule has 2 aromatic rings. The fraction of sp³-hybridized carbons (Fsp3) is 0.214. The van der Waals surface area contributed by atoms with E-state index < -0.39 is 29.5 Å². The zero-order chi connectivity index (χ0) is 17.2. The molecule has 1 aromatic heterocycles. The molecular formula is C14H10ClF4NO2S. The van der Waals surface area contributed by atoms with Gasteiger partial charge in [0.25, 0.3) is 0 Å². The number of hydrogen-bond donors (Lipinski definition) is 0. The third-order valence-electron chi connectivity index (χ3n) is 2.87. The Kier molecular flexibility index (Phi) is 5.38. The minimum Gasteiger partial charge on any atom is -0.612 e. The predicted octanol–water partition coefficient (Wildman–Crippen LogP) is 4.43. The number of pyridine rings is 1. The van der Waals surface area contributed by atoms with E-state index in [1.54, 1.807) is 0 Å². The summed E-state index contributed by atoms with van der Waals surface area (Å²) in [4.78, 5) is 3.89. The maximum Gasteiger partial charge on any atom is 0.573 e. The highest BCUT2D eigenvalue weighted by atomic mass is 35.5. The summed E-state index contributed by atoms with van der Waals surface area (Å²) in [5.74, 6) is -0.464. The molecule has 2 atom stereocenters. The lowest BCUT2D eigenvalue weighted by molar-refractivity contribution is -0.274. The number of halogens is 5. The number of hydrogen-bond acceptors (Lipinski definition) is 3. The van der Waals surface area contributed by atoms with Gasteiger partial charge in [0, 0.05) is 6.20 Å². The van der Waals surface area contributed by atoms with Crippen LogP contribution in [0.3, 0.4) is 0 Å². The largest absolute Gasteiger partial charge is 0.612 e. The molecule has 0 aliphatic heterocycles. The Morgan fingerprint density at radius 3 is 2.35 bits per heavy atom. The average molecular weight is 368 g/mol. The number of rotatable bonds is 4. The van der Waals surface area contributed by atoms with Gasteiger partial charge in [0.15, 0.2) is 11.1 Å². The van der Waals surface area contributed by atoms with E-state index in [0.29, 0.717) is 0 Å². The van der Waals surface area contributed by atoms with Gasteiger partial charge in [0.1, 0.15) is 12.0 Å². The molecule has 2 rings (SSSR count). The van der Waals surface area contributed by atoms with Crippen molar-refractivity contribution in [2.24, 2.45) is 0 Å². The van der Waals surface area contributed by atoms with Gasteiger partial charge in [-0.2, -0.15) is 0 Å². The first-order valence-corrected chi connectivity index (χ1v) is 8.09. The molecule has 0 aliphatic carbocycles. The van der Waals surface area contributed by atoms with E-state index in [2.05, 4.69) is 9.72 Å². The summed E-state index contributed by atoms with van der Waals surface area (Å²) in [6, 6.07) is 4.27. The lowest BCUT2D eigenvalue weighted by Gasteiger charge is -2.16. The Balaban J connectivity index is 2.33. The van der Waals surface area contributed by atoms with Crippen molar-refractivity contribution >= 4 is 22.8 Å². The van der Waals surface area contributed by atoms with Crippen molar-refractivity contribution in [2.45, 2.75) is 17.4 Å². The zero-order valence-electron chi connectivity index (χ0n) is 11.6. The van der Waals surface area contributed by atoms with Crippen LogP contribution in [0.5, 0.6) is 5.75 Å². The van der Waals surface area contributed by atoms with Crippen LogP contribution in [0.2, 0.25) is 5.02 Å². The van der Waals surface area contributed by atoms with Crippen molar-refractivity contribution in [3.8, 4) is 5.75 Å². The van der Waals surface area contributed by atoms with Gasteiger partial charge in [-0.1, -0.05) is 23.7 Å². The number of benzene rings is 1. The highest BCUT2D eigenvalue weighted by Gasteiger charge is 2.31. The monoisotopic (exact) mass is 367 g/mol. The topological polar surface area (TPSA) is 45.2 Å². The minimum atomic E-state index is -4.82. The summed E-state index contributed by atoms with van der Waals surface area (Å²) in [5.41, 5.74) is 0.0336. The van der Waals surface area contributed by atoms with Crippen molar-refractivity contribution in [3.05, 3.63) is 52.8 Å². The van der Waals surface area contributed by atoms with E-state index in [-0.39, 0.29) is 21.0 Å². The van der Waals surface area contributed by atoms with E-state index in [1.165, 1.54) is 18.6 Å². The molecule has 0 spiro atoms. The SMILES string of the molecule is C[S@+]([O-])c1cncc(Cl)c1[C@H](F)c1ccc(OC(F)(F)F)cc1. The van der Waals surface area contributed by atoms with Crippen LogP contribution in [-0.2, 0) is 11.2 Å². The Labute approximate surface area is 137 Å². The molecule has 0 fully saturated rings. The van der Waals surface area contributed by atoms with Crippen LogP contribution in [0.15, 0.2) is 41.6 Å². The van der Waals surface area contributed by atoms with Crippen LogP contribution >= 0.6 is 11.6 Å². The summed E-state index contributed by atoms with van der Waals surface area (Å²) in [6.45, 7) is 0. The van der Waals surface area contributed by atoms with E-state index >= 15 is 0 Å². The summed E-state index contributed by atoms with van der Waals surface area (Å²) in [5, 5.41) is -0.0131. The molecule has 3 nitrogen and oxygen atoms in total. The summed E-state index contributed by atoms with van der Waals surface area (Å²) in [7, 11) is 0. The second-order valence-electron chi connectivity index (χ2n) is 4.47. The minimum absolute atomic E-state index is 0.0131. The number of ether oxygens (including phenoxy) is 1. The second-order valence-corrected chi connectivity index (χ2v) is 6.22. The average Bonchev–Trinajstić information content (AvgIpc) is 2.45. The first-order valence-electron chi connectivity index (χ1n) is 6.15. The van der Waals surface area contributed by atoms with Gasteiger partial charge in [-0.25, -0.2) is 4.39 Å². The number of nitrogens with zero attached hydrogens (tertiary/aromatic N) is 1. The predicted molar refractivity (Wildman–Crippen MR) is 77.7 cm³/mol. The molecule has 124 valence electrons. The van der Waals surface area contributed by atoms with E-state index in [9.17, 15) is 22.1 Å². The lowest BCUT2D eigenvalue weighted by atomic mass is 10.0. The molecule has 23 heavy (non-hydrogen) atoms. The van der Waals surface area contributed by atoms with Crippen molar-refractivity contribution in [1.29, 1.82) is 0 Å². The van der Waals surface area contributed by atoms with E-state index in [0.717, 1.165) is 24.3 Å². The number of alkyl halides is 4. The fourth-order valence-corrected chi connectivity index (χ4v) is 2.95. The van der Waals surface area contributed by atoms with Gasteiger partial charge in [-0.15, -0.1) is 13.2 Å². The maximum absolute atomic E-state index is 14.7. The third kappa shape index (κ3) is 4.49. The normalized spacial score (nSPS) is 14.4. The smallest absolute Gasteiger partial charge is 0.573 e. The van der Waals surface area contributed by atoms with Gasteiger partial charge in [-0.3, -0.25) is 4.98 Å². The summed E-state index contributed by atoms with van der Waals surface area (Å²) < 4.78 is 66.4. The van der Waals surface area contributed by atoms with Crippen LogP contribution in [0.25, 0.3) is 0 Å². The van der Waals surface area contributed by atoms with Crippen molar-refractivity contribution in [2.75, 3.05) is 6.26 Å². The van der Waals surface area contributed by atoms with Gasteiger partial charge < -0.3 is 9.29 Å². The molecule has 0 radical (unpaired) electrons. The van der Waals surface area contributed by atoms with Crippen LogP contribution in [0, 0.1) is 0 Å². The van der Waals surface area contributed by atoms with Gasteiger partial charge in [0.05, 0.1) is 16.8 Å². The standard InChI is InChI=1S/C14H10ClF4NO2S/c1-23(21)11-7-20-6-10(15)12(11)13(16)8-2-4-9(5-3-8)22-14(17,18)19/h2-7,13H,1H3/t13-,23+/m1/s1. The quantitative estimate of drug-likeness (QED) is 0.593. The Bertz CT molecular complexity index is 679. The van der Waals surface area contributed by atoms with Crippen molar-refractivity contribution in [3.63, 3.8) is 0 Å². The zero-order valence-corrected chi connectivity index (χ0v) is 13.2. The molecule has 0 aliphatic rings. The molecule has 0 unspecified atom stereocenters. The maximum atomic E-state index is 14.7. The van der Waals surface area contributed by atoms with Gasteiger partial charge >= 0.3 is 6.36 Å². The fourth-order valence-electron chi connectivity index (χ4n) is 1.91. The Morgan fingerprint density at radius 2 is 1.83 bits per heavy atom. The van der Waals surface area contributed by atoms with Crippen LogP contribution in [-0.4, -0.2) is 22.2 Å². The molecular weight excluding hydrogens is 358 g/mol. The van der Waals surface area contributed by atoms with Crippen molar-refractivity contribution < 1.29 is 26.9 Å².